The number of urea groups is 1. The fourth-order valence-corrected chi connectivity index (χ4v) is 3.35. The summed E-state index contributed by atoms with van der Waals surface area (Å²) in [7, 11) is 1.69. The zero-order chi connectivity index (χ0) is 16.9. The van der Waals surface area contributed by atoms with Crippen LogP contribution in [0.1, 0.15) is 31.5 Å². The predicted molar refractivity (Wildman–Crippen MR) is 92.7 cm³/mol. The van der Waals surface area contributed by atoms with Gasteiger partial charge in [-0.3, -0.25) is 9.88 Å². The normalized spacial score (nSPS) is 21.3. The Morgan fingerprint density at radius 3 is 2.67 bits per heavy atom. The number of nitrogens with one attached hydrogen (secondary N) is 1. The first kappa shape index (κ1) is 17.2. The van der Waals surface area contributed by atoms with E-state index < -0.39 is 0 Å². The number of methoxy groups -OCH3 is 1. The van der Waals surface area contributed by atoms with E-state index in [2.05, 4.69) is 28.2 Å². The lowest BCUT2D eigenvalue weighted by Crippen LogP contribution is -2.54. The SMILES string of the molecule is COC[C@H](NC(=O)N1CCN([C@@H](C)c2ccccn2)CC1)C1CC1. The van der Waals surface area contributed by atoms with Gasteiger partial charge in [-0.15, -0.1) is 0 Å². The van der Waals surface area contributed by atoms with E-state index in [0.29, 0.717) is 12.5 Å². The zero-order valence-corrected chi connectivity index (χ0v) is 14.6. The van der Waals surface area contributed by atoms with Gasteiger partial charge in [0, 0.05) is 45.5 Å². The van der Waals surface area contributed by atoms with E-state index in [1.807, 2.05) is 23.2 Å². The Morgan fingerprint density at radius 2 is 2.08 bits per heavy atom. The molecule has 2 aliphatic rings. The van der Waals surface area contributed by atoms with Crippen molar-refractivity contribution in [2.75, 3.05) is 39.9 Å². The minimum Gasteiger partial charge on any atom is -0.383 e. The average Bonchev–Trinajstić information content (AvgIpc) is 3.47. The number of ether oxygens (including phenoxy) is 1. The monoisotopic (exact) mass is 332 g/mol. The number of hydrogen-bond acceptors (Lipinski definition) is 4. The average molecular weight is 332 g/mol. The minimum absolute atomic E-state index is 0.0501. The van der Waals surface area contributed by atoms with Gasteiger partial charge in [-0.25, -0.2) is 4.79 Å². The molecule has 132 valence electrons. The number of amides is 2. The maximum absolute atomic E-state index is 12.5. The van der Waals surface area contributed by atoms with Crippen LogP contribution in [0.4, 0.5) is 4.79 Å². The fraction of sp³-hybridized carbons (Fsp3) is 0.667. The van der Waals surface area contributed by atoms with Crippen LogP contribution < -0.4 is 5.32 Å². The molecule has 1 aromatic heterocycles. The van der Waals surface area contributed by atoms with Crippen LogP contribution in [0.25, 0.3) is 0 Å². The number of rotatable bonds is 6. The summed E-state index contributed by atoms with van der Waals surface area (Å²) < 4.78 is 5.24. The third-order valence-electron chi connectivity index (χ3n) is 5.11. The second-order valence-corrected chi connectivity index (χ2v) is 6.80. The molecule has 1 aromatic rings. The lowest BCUT2D eigenvalue weighted by molar-refractivity contribution is 0.105. The topological polar surface area (TPSA) is 57.7 Å². The molecule has 0 radical (unpaired) electrons. The first-order chi connectivity index (χ1) is 11.7. The molecule has 2 atom stereocenters. The highest BCUT2D eigenvalue weighted by molar-refractivity contribution is 5.74. The van der Waals surface area contributed by atoms with E-state index in [9.17, 15) is 4.79 Å². The molecule has 0 unspecified atom stereocenters. The van der Waals surface area contributed by atoms with Crippen LogP contribution in [0, 0.1) is 5.92 Å². The Kier molecular flexibility index (Phi) is 5.68. The van der Waals surface area contributed by atoms with Gasteiger partial charge in [0.25, 0.3) is 0 Å². The Morgan fingerprint density at radius 1 is 1.33 bits per heavy atom. The first-order valence-electron chi connectivity index (χ1n) is 8.88. The molecule has 1 aliphatic heterocycles. The molecular weight excluding hydrogens is 304 g/mol. The second kappa shape index (κ2) is 7.94. The van der Waals surface area contributed by atoms with Crippen molar-refractivity contribution >= 4 is 6.03 Å². The molecule has 1 aliphatic carbocycles. The molecule has 2 heterocycles. The number of aromatic nitrogens is 1. The van der Waals surface area contributed by atoms with Gasteiger partial charge in [-0.1, -0.05) is 6.07 Å². The van der Waals surface area contributed by atoms with Crippen molar-refractivity contribution in [2.45, 2.75) is 31.8 Å². The number of piperazine rings is 1. The third kappa shape index (κ3) is 4.24. The highest BCUT2D eigenvalue weighted by atomic mass is 16.5. The lowest BCUT2D eigenvalue weighted by Gasteiger charge is -2.38. The van der Waals surface area contributed by atoms with Crippen LogP contribution in [0.3, 0.4) is 0 Å². The Hall–Kier alpha value is -1.66. The van der Waals surface area contributed by atoms with Crippen molar-refractivity contribution in [3.63, 3.8) is 0 Å². The molecular formula is C18H28N4O2. The summed E-state index contributed by atoms with van der Waals surface area (Å²) in [6.07, 6.45) is 4.23. The van der Waals surface area contributed by atoms with Crippen molar-refractivity contribution in [2.24, 2.45) is 5.92 Å². The van der Waals surface area contributed by atoms with Crippen LogP contribution in [0.5, 0.6) is 0 Å². The van der Waals surface area contributed by atoms with Gasteiger partial charge in [0.05, 0.1) is 18.3 Å². The number of carbonyl (C=O) groups is 1. The highest BCUT2D eigenvalue weighted by Crippen LogP contribution is 2.32. The Labute approximate surface area is 144 Å². The Bertz CT molecular complexity index is 527. The van der Waals surface area contributed by atoms with E-state index in [1.165, 1.54) is 12.8 Å². The fourth-order valence-electron chi connectivity index (χ4n) is 3.35. The Balaban J connectivity index is 1.48. The summed E-state index contributed by atoms with van der Waals surface area (Å²) in [5.74, 6) is 0.597. The summed E-state index contributed by atoms with van der Waals surface area (Å²) >= 11 is 0. The van der Waals surface area contributed by atoms with Crippen LogP contribution in [-0.4, -0.2) is 66.8 Å². The van der Waals surface area contributed by atoms with Crippen molar-refractivity contribution in [1.29, 1.82) is 0 Å². The van der Waals surface area contributed by atoms with E-state index >= 15 is 0 Å². The molecule has 3 rings (SSSR count). The molecule has 24 heavy (non-hydrogen) atoms. The third-order valence-corrected chi connectivity index (χ3v) is 5.11. The largest absolute Gasteiger partial charge is 0.383 e. The molecule has 1 N–H and O–H groups in total. The van der Waals surface area contributed by atoms with Crippen molar-refractivity contribution in [1.82, 2.24) is 20.1 Å². The number of pyridine rings is 1. The first-order valence-corrected chi connectivity index (χ1v) is 8.88. The molecule has 6 nitrogen and oxygen atoms in total. The quantitative estimate of drug-likeness (QED) is 0.864. The molecule has 6 heteroatoms. The standard InChI is InChI=1S/C18H28N4O2/c1-14(16-5-3-4-8-19-16)21-9-11-22(12-10-21)18(23)20-17(13-24-2)15-6-7-15/h3-5,8,14-15,17H,6-7,9-13H2,1-2H3,(H,20,23)/t14-,17-/m0/s1. The van der Waals surface area contributed by atoms with E-state index in [-0.39, 0.29) is 18.1 Å². The van der Waals surface area contributed by atoms with Crippen LogP contribution >= 0.6 is 0 Å². The number of nitrogens with zero attached hydrogens (tertiary/aromatic N) is 3. The summed E-state index contributed by atoms with van der Waals surface area (Å²) in [6.45, 7) is 6.06. The smallest absolute Gasteiger partial charge is 0.317 e. The van der Waals surface area contributed by atoms with Gasteiger partial charge in [0.15, 0.2) is 0 Å². The van der Waals surface area contributed by atoms with Crippen LogP contribution in [0.15, 0.2) is 24.4 Å². The van der Waals surface area contributed by atoms with Crippen molar-refractivity contribution in [3.8, 4) is 0 Å². The summed E-state index contributed by atoms with van der Waals surface area (Å²) in [5.41, 5.74) is 1.09. The molecule has 1 saturated carbocycles. The molecule has 0 aromatic carbocycles. The van der Waals surface area contributed by atoms with Gasteiger partial charge >= 0.3 is 6.03 Å². The van der Waals surface area contributed by atoms with Crippen LogP contribution in [-0.2, 0) is 4.74 Å². The van der Waals surface area contributed by atoms with Crippen LogP contribution in [0.2, 0.25) is 0 Å². The van der Waals surface area contributed by atoms with E-state index in [0.717, 1.165) is 31.9 Å². The van der Waals surface area contributed by atoms with Gasteiger partial charge < -0.3 is 15.0 Å². The number of hydrogen-bond donors (Lipinski definition) is 1. The van der Waals surface area contributed by atoms with Gasteiger partial charge in [0.1, 0.15) is 0 Å². The van der Waals surface area contributed by atoms with Crippen molar-refractivity contribution in [3.05, 3.63) is 30.1 Å². The molecule has 2 amide bonds. The minimum atomic E-state index is 0.0501. The zero-order valence-electron chi connectivity index (χ0n) is 14.6. The second-order valence-electron chi connectivity index (χ2n) is 6.80. The summed E-state index contributed by atoms with van der Waals surface area (Å²) in [6, 6.07) is 6.52. The highest BCUT2D eigenvalue weighted by Gasteiger charge is 2.34. The molecule has 2 fully saturated rings. The van der Waals surface area contributed by atoms with Crippen molar-refractivity contribution < 1.29 is 9.53 Å². The van der Waals surface area contributed by atoms with Gasteiger partial charge in [-0.05, 0) is 37.8 Å². The summed E-state index contributed by atoms with van der Waals surface area (Å²) in [4.78, 5) is 21.2. The number of carbonyl (C=O) groups excluding carboxylic acids is 1. The molecule has 1 saturated heterocycles. The molecule has 0 spiro atoms. The van der Waals surface area contributed by atoms with Gasteiger partial charge in [-0.2, -0.15) is 0 Å². The van der Waals surface area contributed by atoms with E-state index in [4.69, 9.17) is 4.74 Å². The molecule has 0 bridgehead atoms. The lowest BCUT2D eigenvalue weighted by atomic mass is 10.1. The van der Waals surface area contributed by atoms with Gasteiger partial charge in [0.2, 0.25) is 0 Å². The maximum atomic E-state index is 12.5. The van der Waals surface area contributed by atoms with E-state index in [1.54, 1.807) is 7.11 Å². The maximum Gasteiger partial charge on any atom is 0.317 e. The predicted octanol–water partition coefficient (Wildman–Crippen LogP) is 1.89. The summed E-state index contributed by atoms with van der Waals surface area (Å²) in [5, 5.41) is 3.16.